The van der Waals surface area contributed by atoms with Crippen molar-refractivity contribution < 1.29 is 19.5 Å². The third-order valence-electron chi connectivity index (χ3n) is 4.63. The number of nitrogens with one attached hydrogen (secondary N) is 1. The highest BCUT2D eigenvalue weighted by molar-refractivity contribution is 6.06. The molecule has 1 saturated heterocycles. The molecule has 0 saturated carbocycles. The maximum atomic E-state index is 12.1. The average molecular weight is 385 g/mol. The van der Waals surface area contributed by atoms with Crippen molar-refractivity contribution in [2.45, 2.75) is 45.7 Å². The van der Waals surface area contributed by atoms with E-state index < -0.39 is 17.5 Å². The van der Waals surface area contributed by atoms with E-state index in [4.69, 9.17) is 0 Å². The Morgan fingerprint density at radius 3 is 2.54 bits per heavy atom. The maximum Gasteiger partial charge on any atom is 0.325 e. The number of carbonyl (C=O) groups excluding carboxylic acids is 3. The summed E-state index contributed by atoms with van der Waals surface area (Å²) in [4.78, 5) is 37.1. The monoisotopic (exact) mass is 385 g/mol. The van der Waals surface area contributed by atoms with Crippen LogP contribution in [-0.4, -0.2) is 44.5 Å². The molecule has 1 aliphatic heterocycles. The Labute approximate surface area is 162 Å². The molecular formula is C19H23N5O4. The van der Waals surface area contributed by atoms with Crippen LogP contribution in [-0.2, 0) is 9.59 Å². The molecule has 28 heavy (non-hydrogen) atoms. The quantitative estimate of drug-likeness (QED) is 0.607. The molecule has 2 N–H and O–H groups in total. The van der Waals surface area contributed by atoms with Gasteiger partial charge in [0.1, 0.15) is 5.54 Å². The first-order valence-electron chi connectivity index (χ1n) is 9.04. The molecule has 0 aliphatic carbocycles. The van der Waals surface area contributed by atoms with E-state index in [1.807, 2.05) is 32.0 Å². The second-order valence-corrected chi connectivity index (χ2v) is 7.51. The zero-order valence-corrected chi connectivity index (χ0v) is 16.3. The summed E-state index contributed by atoms with van der Waals surface area (Å²) in [6, 6.07) is 6.78. The Kier molecular flexibility index (Phi) is 4.93. The summed E-state index contributed by atoms with van der Waals surface area (Å²) in [5.41, 5.74) is 0.0262. The number of aromatic nitrogens is 1. The Morgan fingerprint density at radius 2 is 1.93 bits per heavy atom. The van der Waals surface area contributed by atoms with Crippen molar-refractivity contribution in [3.05, 3.63) is 24.3 Å². The van der Waals surface area contributed by atoms with Gasteiger partial charge < -0.3 is 15.0 Å². The molecule has 0 atom stereocenters. The fourth-order valence-electron chi connectivity index (χ4n) is 3.24. The van der Waals surface area contributed by atoms with Crippen LogP contribution < -0.4 is 5.32 Å². The molecule has 3 rings (SSSR count). The molecule has 1 aromatic heterocycles. The number of carbonyl (C=O) groups is 3. The third kappa shape index (κ3) is 3.35. The zero-order valence-electron chi connectivity index (χ0n) is 16.3. The van der Waals surface area contributed by atoms with Crippen molar-refractivity contribution >= 4 is 34.4 Å². The standard InChI is InChI=1S/C19H23N5O4/c1-11(2)24-13-8-6-5-7-12(13)15(16(24)26)22-21-14(25)9-10-23-17(27)19(3,4)20-18(23)28/h5-8,11,26H,9-10H2,1-4H3,(H,20,28). The molecule has 0 spiro atoms. The predicted octanol–water partition coefficient (Wildman–Crippen LogP) is 3.26. The largest absolute Gasteiger partial charge is 0.493 e. The highest BCUT2D eigenvalue weighted by Crippen LogP contribution is 2.40. The second-order valence-electron chi connectivity index (χ2n) is 7.51. The number of imide groups is 1. The highest BCUT2D eigenvalue weighted by atomic mass is 16.3. The lowest BCUT2D eigenvalue weighted by Crippen LogP contribution is -2.40. The van der Waals surface area contributed by atoms with E-state index in [0.29, 0.717) is 5.39 Å². The molecule has 148 valence electrons. The first-order chi connectivity index (χ1) is 13.1. The van der Waals surface area contributed by atoms with E-state index in [2.05, 4.69) is 15.5 Å². The number of para-hydroxylation sites is 1. The van der Waals surface area contributed by atoms with Crippen molar-refractivity contribution in [2.24, 2.45) is 10.2 Å². The molecular weight excluding hydrogens is 362 g/mol. The van der Waals surface area contributed by atoms with Gasteiger partial charge in [0, 0.05) is 24.4 Å². The predicted molar refractivity (Wildman–Crippen MR) is 102 cm³/mol. The average Bonchev–Trinajstić information content (AvgIpc) is 3.01. The maximum absolute atomic E-state index is 12.1. The minimum atomic E-state index is -0.980. The van der Waals surface area contributed by atoms with Crippen LogP contribution in [0.2, 0.25) is 0 Å². The van der Waals surface area contributed by atoms with E-state index in [1.54, 1.807) is 24.5 Å². The molecule has 4 amide bonds. The first kappa shape index (κ1) is 19.5. The van der Waals surface area contributed by atoms with E-state index in [9.17, 15) is 19.5 Å². The summed E-state index contributed by atoms with van der Waals surface area (Å²) in [6.45, 7) is 6.98. The first-order valence-corrected chi connectivity index (χ1v) is 9.04. The minimum absolute atomic E-state index is 0.00685. The number of benzene rings is 1. The molecule has 1 fully saturated rings. The van der Waals surface area contributed by atoms with Crippen molar-refractivity contribution in [3.8, 4) is 5.88 Å². The van der Waals surface area contributed by atoms with Crippen LogP contribution >= 0.6 is 0 Å². The summed E-state index contributed by atoms with van der Waals surface area (Å²) in [5, 5.41) is 21.4. The molecule has 0 radical (unpaired) electrons. The molecule has 9 nitrogen and oxygen atoms in total. The summed E-state index contributed by atoms with van der Waals surface area (Å²) in [7, 11) is 0. The van der Waals surface area contributed by atoms with E-state index in [-0.39, 0.29) is 36.5 Å². The number of rotatable bonds is 5. The normalized spacial score (nSPS) is 16.5. The Morgan fingerprint density at radius 1 is 1.25 bits per heavy atom. The molecule has 2 aromatic rings. The number of amides is 4. The lowest BCUT2D eigenvalue weighted by Gasteiger charge is -2.14. The molecule has 1 aromatic carbocycles. The van der Waals surface area contributed by atoms with Crippen molar-refractivity contribution in [1.29, 1.82) is 0 Å². The topological polar surface area (TPSA) is 116 Å². The number of fused-ring (bicyclic) bond motifs is 1. The van der Waals surface area contributed by atoms with Crippen molar-refractivity contribution in [3.63, 3.8) is 0 Å². The summed E-state index contributed by atoms with van der Waals surface area (Å²) >= 11 is 0. The van der Waals surface area contributed by atoms with Gasteiger partial charge in [-0.25, -0.2) is 4.79 Å². The SMILES string of the molecule is CC(C)n1c(O)c(N=NC(=O)CCN2C(=O)NC(C)(C)C2=O)c2ccccc21. The Balaban J connectivity index is 1.76. The lowest BCUT2D eigenvalue weighted by molar-refractivity contribution is -0.130. The Bertz CT molecular complexity index is 990. The van der Waals surface area contributed by atoms with Gasteiger partial charge in [0.2, 0.25) is 5.88 Å². The summed E-state index contributed by atoms with van der Waals surface area (Å²) in [6.07, 6.45) is -0.150. The molecule has 0 unspecified atom stereocenters. The lowest BCUT2D eigenvalue weighted by atomic mass is 10.1. The molecule has 9 heteroatoms. The number of azo groups is 1. The summed E-state index contributed by atoms with van der Waals surface area (Å²) < 4.78 is 1.71. The second kappa shape index (κ2) is 7.06. The number of hydrogen-bond donors (Lipinski definition) is 2. The van der Waals surface area contributed by atoms with Gasteiger partial charge in [-0.2, -0.15) is 0 Å². The van der Waals surface area contributed by atoms with Gasteiger partial charge in [0.25, 0.3) is 11.8 Å². The Hall–Kier alpha value is -3.23. The van der Waals surface area contributed by atoms with E-state index >= 15 is 0 Å². The number of hydrogen-bond acceptors (Lipinski definition) is 5. The highest BCUT2D eigenvalue weighted by Gasteiger charge is 2.44. The summed E-state index contributed by atoms with van der Waals surface area (Å²) in [5.74, 6) is -1.05. The molecule has 2 heterocycles. The van der Waals surface area contributed by atoms with Crippen LogP contribution in [0.5, 0.6) is 5.88 Å². The van der Waals surface area contributed by atoms with Gasteiger partial charge in [-0.3, -0.25) is 14.5 Å². The van der Waals surface area contributed by atoms with Gasteiger partial charge in [0.15, 0.2) is 5.69 Å². The van der Waals surface area contributed by atoms with Crippen LogP contribution in [0.15, 0.2) is 34.5 Å². The molecule has 0 bridgehead atoms. The van der Waals surface area contributed by atoms with Crippen LogP contribution in [0.1, 0.15) is 40.2 Å². The number of urea groups is 1. The van der Waals surface area contributed by atoms with Crippen LogP contribution in [0.4, 0.5) is 10.5 Å². The van der Waals surface area contributed by atoms with Gasteiger partial charge in [-0.1, -0.05) is 18.2 Å². The zero-order chi connectivity index (χ0) is 20.6. The van der Waals surface area contributed by atoms with Crippen molar-refractivity contribution in [1.82, 2.24) is 14.8 Å². The van der Waals surface area contributed by atoms with Crippen LogP contribution in [0.3, 0.4) is 0 Å². The third-order valence-corrected chi connectivity index (χ3v) is 4.63. The van der Waals surface area contributed by atoms with Gasteiger partial charge in [-0.15, -0.1) is 10.2 Å². The number of nitrogens with zero attached hydrogens (tertiary/aromatic N) is 4. The van der Waals surface area contributed by atoms with E-state index in [0.717, 1.165) is 10.4 Å². The van der Waals surface area contributed by atoms with E-state index in [1.165, 1.54) is 0 Å². The number of aromatic hydroxyl groups is 1. The van der Waals surface area contributed by atoms with Crippen molar-refractivity contribution in [2.75, 3.05) is 6.54 Å². The fraction of sp³-hybridized carbons (Fsp3) is 0.421. The fourth-order valence-corrected chi connectivity index (χ4v) is 3.24. The minimum Gasteiger partial charge on any atom is -0.493 e. The van der Waals surface area contributed by atoms with Crippen LogP contribution in [0, 0.1) is 0 Å². The smallest absolute Gasteiger partial charge is 0.325 e. The van der Waals surface area contributed by atoms with Gasteiger partial charge in [-0.05, 0) is 33.8 Å². The van der Waals surface area contributed by atoms with Gasteiger partial charge >= 0.3 is 6.03 Å². The van der Waals surface area contributed by atoms with Gasteiger partial charge in [0.05, 0.1) is 5.52 Å². The molecule has 1 aliphatic rings. The van der Waals surface area contributed by atoms with Crippen LogP contribution in [0.25, 0.3) is 10.9 Å².